The van der Waals surface area contributed by atoms with Crippen molar-refractivity contribution in [2.75, 3.05) is 17.6 Å². The monoisotopic (exact) mass is 345 g/mol. The van der Waals surface area contributed by atoms with E-state index in [1.165, 1.54) is 18.3 Å². The lowest BCUT2D eigenvalue weighted by Crippen LogP contribution is -2.07. The summed E-state index contributed by atoms with van der Waals surface area (Å²) >= 11 is 1.16. The van der Waals surface area contributed by atoms with Gasteiger partial charge in [-0.25, -0.2) is 4.63 Å². The van der Waals surface area contributed by atoms with Crippen LogP contribution in [0, 0.1) is 10.1 Å². The number of aromatic nitrogens is 3. The Morgan fingerprint density at radius 1 is 1.29 bits per heavy atom. The van der Waals surface area contributed by atoms with Crippen molar-refractivity contribution in [1.82, 2.24) is 15.3 Å². The number of carbonyl (C=O) groups excluding carboxylic acids is 1. The van der Waals surface area contributed by atoms with Crippen LogP contribution >= 0.6 is 11.8 Å². The number of benzene rings is 1. The van der Waals surface area contributed by atoms with E-state index in [0.29, 0.717) is 23.5 Å². The first-order valence-corrected chi connectivity index (χ1v) is 7.86. The van der Waals surface area contributed by atoms with Crippen molar-refractivity contribution in [1.29, 1.82) is 0 Å². The Hall–Kier alpha value is -3.01. The number of nitrogens with zero attached hydrogens (tertiary/aromatic N) is 4. The standard InChI is InChI=1S/C14H11N5O4S/c20-14(9-2-1-5-15-8-9)24-7-6-16-10-3-4-11(19(21)22)13-12(10)17-23-18-13/h1-5,8,16H,6-7H2. The van der Waals surface area contributed by atoms with Gasteiger partial charge < -0.3 is 5.32 Å². The zero-order chi connectivity index (χ0) is 16.9. The van der Waals surface area contributed by atoms with Crippen LogP contribution in [0.25, 0.3) is 11.0 Å². The number of rotatable bonds is 6. The van der Waals surface area contributed by atoms with Crippen LogP contribution in [-0.2, 0) is 0 Å². The number of carbonyl (C=O) groups is 1. The Morgan fingerprint density at radius 3 is 2.88 bits per heavy atom. The van der Waals surface area contributed by atoms with Gasteiger partial charge in [-0.15, -0.1) is 0 Å². The first kappa shape index (κ1) is 15.9. The zero-order valence-corrected chi connectivity index (χ0v) is 13.0. The Morgan fingerprint density at radius 2 is 2.12 bits per heavy atom. The molecule has 0 fully saturated rings. The average molecular weight is 345 g/mol. The maximum Gasteiger partial charge on any atom is 0.300 e. The highest BCUT2D eigenvalue weighted by molar-refractivity contribution is 8.14. The van der Waals surface area contributed by atoms with Crippen molar-refractivity contribution in [3.63, 3.8) is 0 Å². The van der Waals surface area contributed by atoms with E-state index in [-0.39, 0.29) is 21.8 Å². The van der Waals surface area contributed by atoms with Gasteiger partial charge >= 0.3 is 5.69 Å². The summed E-state index contributed by atoms with van der Waals surface area (Å²) in [6.07, 6.45) is 3.12. The Kier molecular flexibility index (Phi) is 4.66. The summed E-state index contributed by atoms with van der Waals surface area (Å²) in [6, 6.07) is 6.29. The van der Waals surface area contributed by atoms with Crippen molar-refractivity contribution in [3.05, 3.63) is 52.3 Å². The fraction of sp³-hybridized carbons (Fsp3) is 0.143. The molecule has 0 saturated heterocycles. The second-order valence-corrected chi connectivity index (χ2v) is 5.72. The number of hydrogen-bond donors (Lipinski definition) is 1. The third-order valence-electron chi connectivity index (χ3n) is 3.14. The third-order valence-corrected chi connectivity index (χ3v) is 4.04. The van der Waals surface area contributed by atoms with Crippen molar-refractivity contribution < 1.29 is 14.3 Å². The van der Waals surface area contributed by atoms with E-state index < -0.39 is 4.92 Å². The molecular formula is C14H11N5O4S. The summed E-state index contributed by atoms with van der Waals surface area (Å²) in [5, 5.41) is 21.2. The lowest BCUT2D eigenvalue weighted by Gasteiger charge is -2.06. The SMILES string of the molecule is O=C(SCCNc1ccc([N+](=O)[O-])c2nonc12)c1cccnc1. The second kappa shape index (κ2) is 7.04. The van der Waals surface area contributed by atoms with E-state index in [0.717, 1.165) is 11.8 Å². The quantitative estimate of drug-likeness (QED) is 0.407. The maximum atomic E-state index is 11.9. The Balaban J connectivity index is 1.61. The maximum absolute atomic E-state index is 11.9. The second-order valence-electron chi connectivity index (χ2n) is 4.66. The number of fused-ring (bicyclic) bond motifs is 1. The van der Waals surface area contributed by atoms with Gasteiger partial charge in [0.05, 0.1) is 10.6 Å². The lowest BCUT2D eigenvalue weighted by molar-refractivity contribution is -0.383. The molecule has 2 heterocycles. The van der Waals surface area contributed by atoms with Crippen LogP contribution in [0.5, 0.6) is 0 Å². The smallest absolute Gasteiger partial charge is 0.300 e. The van der Waals surface area contributed by atoms with Gasteiger partial charge in [-0.1, -0.05) is 11.8 Å². The van der Waals surface area contributed by atoms with Crippen molar-refractivity contribution in [2.24, 2.45) is 0 Å². The molecule has 3 rings (SSSR count). The largest absolute Gasteiger partial charge is 0.382 e. The van der Waals surface area contributed by atoms with Gasteiger partial charge in [0.15, 0.2) is 5.52 Å². The minimum Gasteiger partial charge on any atom is -0.382 e. The predicted molar refractivity (Wildman–Crippen MR) is 88.0 cm³/mol. The first-order chi connectivity index (χ1) is 11.7. The number of anilines is 1. The molecule has 0 aliphatic carbocycles. The van der Waals surface area contributed by atoms with Crippen LogP contribution < -0.4 is 5.32 Å². The zero-order valence-electron chi connectivity index (χ0n) is 12.2. The average Bonchev–Trinajstić information content (AvgIpc) is 3.08. The topological polar surface area (TPSA) is 124 Å². The normalized spacial score (nSPS) is 10.7. The van der Waals surface area contributed by atoms with E-state index in [1.54, 1.807) is 18.3 Å². The molecule has 1 aromatic carbocycles. The predicted octanol–water partition coefficient (Wildman–Crippen LogP) is 2.51. The molecule has 0 aliphatic rings. The van der Waals surface area contributed by atoms with Crippen LogP contribution in [0.4, 0.5) is 11.4 Å². The Bertz CT molecular complexity index is 883. The molecule has 1 N–H and O–H groups in total. The number of hydrogen-bond acceptors (Lipinski definition) is 9. The molecule has 122 valence electrons. The molecule has 0 spiro atoms. The molecule has 10 heteroatoms. The van der Waals surface area contributed by atoms with Gasteiger partial charge in [0.25, 0.3) is 0 Å². The molecular weight excluding hydrogens is 334 g/mol. The molecule has 3 aromatic rings. The Labute approximate surface area is 139 Å². The molecule has 0 amide bonds. The van der Waals surface area contributed by atoms with Crippen LogP contribution in [0.1, 0.15) is 10.4 Å². The van der Waals surface area contributed by atoms with Gasteiger partial charge in [0, 0.05) is 36.3 Å². The van der Waals surface area contributed by atoms with Crippen molar-refractivity contribution >= 4 is 39.3 Å². The highest BCUT2D eigenvalue weighted by Crippen LogP contribution is 2.28. The molecule has 0 radical (unpaired) electrons. The van der Waals surface area contributed by atoms with Crippen LogP contribution in [0.3, 0.4) is 0 Å². The summed E-state index contributed by atoms with van der Waals surface area (Å²) in [5.41, 5.74) is 1.31. The van der Waals surface area contributed by atoms with Gasteiger partial charge in [0.2, 0.25) is 10.6 Å². The summed E-state index contributed by atoms with van der Waals surface area (Å²) in [6.45, 7) is 0.469. The van der Waals surface area contributed by atoms with Crippen molar-refractivity contribution in [2.45, 2.75) is 0 Å². The first-order valence-electron chi connectivity index (χ1n) is 6.87. The molecule has 24 heavy (non-hydrogen) atoms. The number of thioether (sulfide) groups is 1. The van der Waals surface area contributed by atoms with E-state index >= 15 is 0 Å². The molecule has 0 bridgehead atoms. The highest BCUT2D eigenvalue weighted by atomic mass is 32.2. The summed E-state index contributed by atoms with van der Waals surface area (Å²) < 4.78 is 4.59. The molecule has 0 atom stereocenters. The summed E-state index contributed by atoms with van der Waals surface area (Å²) in [4.78, 5) is 26.2. The number of nitro benzene ring substituents is 1. The molecule has 0 aliphatic heterocycles. The van der Waals surface area contributed by atoms with Gasteiger partial charge in [0.1, 0.15) is 0 Å². The fourth-order valence-electron chi connectivity index (χ4n) is 2.04. The third kappa shape index (κ3) is 3.33. The summed E-state index contributed by atoms with van der Waals surface area (Å²) in [7, 11) is 0. The van der Waals surface area contributed by atoms with Crippen LogP contribution in [0.15, 0.2) is 41.3 Å². The number of nitrogens with one attached hydrogen (secondary N) is 1. The molecule has 2 aromatic heterocycles. The van der Waals surface area contributed by atoms with Gasteiger partial charge in [-0.3, -0.25) is 19.9 Å². The number of non-ortho nitro benzene ring substituents is 1. The van der Waals surface area contributed by atoms with E-state index in [4.69, 9.17) is 0 Å². The van der Waals surface area contributed by atoms with E-state index in [1.807, 2.05) is 0 Å². The lowest BCUT2D eigenvalue weighted by atomic mass is 10.2. The highest BCUT2D eigenvalue weighted by Gasteiger charge is 2.19. The van der Waals surface area contributed by atoms with Gasteiger partial charge in [-0.05, 0) is 28.5 Å². The minimum absolute atomic E-state index is 0.0677. The van der Waals surface area contributed by atoms with Crippen LogP contribution in [-0.4, -0.2) is 37.6 Å². The fourth-order valence-corrected chi connectivity index (χ4v) is 2.72. The van der Waals surface area contributed by atoms with Crippen molar-refractivity contribution in [3.8, 4) is 0 Å². The van der Waals surface area contributed by atoms with E-state index in [9.17, 15) is 14.9 Å². The molecule has 9 nitrogen and oxygen atoms in total. The van der Waals surface area contributed by atoms with Crippen LogP contribution in [0.2, 0.25) is 0 Å². The molecule has 0 saturated carbocycles. The summed E-state index contributed by atoms with van der Waals surface area (Å²) in [5.74, 6) is 0.511. The van der Waals surface area contributed by atoms with E-state index in [2.05, 4.69) is 25.2 Å². The number of nitro groups is 1. The minimum atomic E-state index is -0.543. The number of pyridine rings is 1. The van der Waals surface area contributed by atoms with Gasteiger partial charge in [-0.2, -0.15) is 0 Å². The molecule has 0 unspecified atom stereocenters.